The van der Waals surface area contributed by atoms with Crippen LogP contribution in [-0.2, 0) is 13.0 Å². The largest absolute Gasteiger partial charge is 0.488 e. The van der Waals surface area contributed by atoms with E-state index in [4.69, 9.17) is 4.74 Å². The van der Waals surface area contributed by atoms with Gasteiger partial charge >= 0.3 is 0 Å². The predicted molar refractivity (Wildman–Crippen MR) is 127 cm³/mol. The number of aromatic amines is 1. The maximum atomic E-state index is 5.99. The molecule has 1 atom stereocenters. The van der Waals surface area contributed by atoms with Crippen molar-refractivity contribution in [2.75, 3.05) is 13.1 Å². The first-order valence-corrected chi connectivity index (χ1v) is 9.68. The molecule has 1 unspecified atom stereocenters. The second-order valence-electron chi connectivity index (χ2n) is 6.74. The quantitative estimate of drug-likeness (QED) is 0.272. The highest BCUT2D eigenvalue weighted by molar-refractivity contribution is 14.0. The number of nitrogens with one attached hydrogen (secondary N) is 3. The van der Waals surface area contributed by atoms with Crippen LogP contribution < -0.4 is 15.4 Å². The van der Waals surface area contributed by atoms with Gasteiger partial charge in [0.1, 0.15) is 24.2 Å². The minimum atomic E-state index is 0. The van der Waals surface area contributed by atoms with Crippen molar-refractivity contribution in [1.82, 2.24) is 20.6 Å². The van der Waals surface area contributed by atoms with Crippen molar-refractivity contribution in [1.29, 1.82) is 0 Å². The number of para-hydroxylation sites is 1. The van der Waals surface area contributed by atoms with Gasteiger partial charge in [0.05, 0.1) is 18.4 Å². The summed E-state index contributed by atoms with van der Waals surface area (Å²) in [4.78, 5) is 12.4. The number of imidazole rings is 1. The zero-order valence-corrected chi connectivity index (χ0v) is 18.7. The highest BCUT2D eigenvalue weighted by atomic mass is 127. The summed E-state index contributed by atoms with van der Waals surface area (Å²) in [6.07, 6.45) is 2.89. The molecule has 0 fully saturated rings. The number of fused-ring (bicyclic) bond motifs is 1. The van der Waals surface area contributed by atoms with Gasteiger partial charge in [0, 0.05) is 13.0 Å². The van der Waals surface area contributed by atoms with Crippen molar-refractivity contribution in [2.45, 2.75) is 26.0 Å². The van der Waals surface area contributed by atoms with Crippen LogP contribution in [0.3, 0.4) is 0 Å². The van der Waals surface area contributed by atoms with Crippen molar-refractivity contribution in [2.24, 2.45) is 4.99 Å². The fourth-order valence-electron chi connectivity index (χ4n) is 3.28. The number of hydrogen-bond acceptors (Lipinski definition) is 3. The third-order valence-corrected chi connectivity index (χ3v) is 4.66. The molecule has 0 aliphatic carbocycles. The molecule has 1 aliphatic rings. The number of halogens is 1. The maximum Gasteiger partial charge on any atom is 0.191 e. The Morgan fingerprint density at radius 2 is 1.93 bits per heavy atom. The topological polar surface area (TPSA) is 74.3 Å². The number of nitrogens with zero attached hydrogens (tertiary/aromatic N) is 2. The highest BCUT2D eigenvalue weighted by Crippen LogP contribution is 2.27. The van der Waals surface area contributed by atoms with Crippen molar-refractivity contribution < 1.29 is 4.74 Å². The lowest BCUT2D eigenvalue weighted by Crippen LogP contribution is -2.42. The smallest absolute Gasteiger partial charge is 0.191 e. The molecule has 3 N–H and O–H groups in total. The van der Waals surface area contributed by atoms with Crippen LogP contribution in [-0.4, -0.2) is 35.1 Å². The van der Waals surface area contributed by atoms with Gasteiger partial charge in [-0.05, 0) is 24.1 Å². The molecule has 152 valence electrons. The average molecular weight is 503 g/mol. The van der Waals surface area contributed by atoms with Crippen LogP contribution in [0.4, 0.5) is 0 Å². The molecular weight excluding hydrogens is 477 g/mol. The Hall–Kier alpha value is -2.55. The Balaban J connectivity index is 0.00000240. The molecule has 3 aromatic rings. The number of benzene rings is 2. The third-order valence-electron chi connectivity index (χ3n) is 4.66. The fraction of sp³-hybridized carbons (Fsp3) is 0.273. The van der Waals surface area contributed by atoms with Gasteiger partial charge in [-0.25, -0.2) is 9.98 Å². The van der Waals surface area contributed by atoms with Crippen LogP contribution in [0.2, 0.25) is 0 Å². The molecule has 29 heavy (non-hydrogen) atoms. The molecule has 0 bridgehead atoms. The third kappa shape index (κ3) is 5.50. The molecule has 2 heterocycles. The first-order chi connectivity index (χ1) is 13.8. The summed E-state index contributed by atoms with van der Waals surface area (Å²) in [6.45, 7) is 4.03. The number of aromatic nitrogens is 2. The van der Waals surface area contributed by atoms with Crippen molar-refractivity contribution in [3.63, 3.8) is 0 Å². The van der Waals surface area contributed by atoms with E-state index in [1.54, 1.807) is 0 Å². The molecule has 0 spiro atoms. The van der Waals surface area contributed by atoms with Crippen LogP contribution in [0.25, 0.3) is 11.3 Å². The van der Waals surface area contributed by atoms with E-state index in [2.05, 4.69) is 56.8 Å². The molecular formula is C22H26IN5O. The van der Waals surface area contributed by atoms with Gasteiger partial charge in [-0.3, -0.25) is 0 Å². The summed E-state index contributed by atoms with van der Waals surface area (Å²) in [6, 6.07) is 18.4. The second kappa shape index (κ2) is 10.3. The molecule has 0 radical (unpaired) electrons. The summed E-state index contributed by atoms with van der Waals surface area (Å²) < 4.78 is 5.99. The summed E-state index contributed by atoms with van der Waals surface area (Å²) in [5.41, 5.74) is 3.38. The van der Waals surface area contributed by atoms with E-state index in [1.165, 1.54) is 5.56 Å². The molecule has 1 aromatic heterocycles. The van der Waals surface area contributed by atoms with E-state index < -0.39 is 0 Å². The molecule has 0 amide bonds. The summed E-state index contributed by atoms with van der Waals surface area (Å²) >= 11 is 0. The number of guanidine groups is 1. The summed E-state index contributed by atoms with van der Waals surface area (Å²) in [7, 11) is 0. The lowest BCUT2D eigenvalue weighted by molar-refractivity contribution is 0.235. The Kier molecular flexibility index (Phi) is 7.51. The van der Waals surface area contributed by atoms with E-state index in [0.717, 1.165) is 41.8 Å². The summed E-state index contributed by atoms with van der Waals surface area (Å²) in [5.74, 6) is 2.58. The van der Waals surface area contributed by atoms with E-state index in [-0.39, 0.29) is 30.1 Å². The van der Waals surface area contributed by atoms with Crippen LogP contribution in [0.5, 0.6) is 5.75 Å². The van der Waals surface area contributed by atoms with Gasteiger partial charge < -0.3 is 20.4 Å². The minimum absolute atomic E-state index is 0. The number of rotatable bonds is 6. The lowest BCUT2D eigenvalue weighted by Gasteiger charge is -2.15. The van der Waals surface area contributed by atoms with Crippen LogP contribution in [0.1, 0.15) is 18.3 Å². The normalized spacial score (nSPS) is 15.2. The Morgan fingerprint density at radius 3 is 2.72 bits per heavy atom. The van der Waals surface area contributed by atoms with Gasteiger partial charge in [-0.2, -0.15) is 0 Å². The average Bonchev–Trinajstić information content (AvgIpc) is 3.37. The van der Waals surface area contributed by atoms with Crippen LogP contribution in [0, 0.1) is 0 Å². The first kappa shape index (κ1) is 21.2. The Labute approximate surface area is 188 Å². The van der Waals surface area contributed by atoms with Crippen LogP contribution >= 0.6 is 24.0 Å². The number of H-pyrrole nitrogens is 1. The minimum Gasteiger partial charge on any atom is -0.488 e. The fourth-order valence-corrected chi connectivity index (χ4v) is 3.28. The Bertz CT molecular complexity index is 916. The van der Waals surface area contributed by atoms with Crippen molar-refractivity contribution in [3.8, 4) is 17.0 Å². The molecule has 2 aromatic carbocycles. The molecule has 0 saturated heterocycles. The molecule has 4 rings (SSSR count). The van der Waals surface area contributed by atoms with Gasteiger partial charge in [0.25, 0.3) is 0 Å². The number of hydrogen-bond donors (Lipinski definition) is 3. The van der Waals surface area contributed by atoms with E-state index in [9.17, 15) is 0 Å². The van der Waals surface area contributed by atoms with Gasteiger partial charge in [0.15, 0.2) is 5.96 Å². The molecule has 7 heteroatoms. The van der Waals surface area contributed by atoms with E-state index in [1.807, 2.05) is 36.5 Å². The highest BCUT2D eigenvalue weighted by Gasteiger charge is 2.22. The predicted octanol–water partition coefficient (Wildman–Crippen LogP) is 3.75. The summed E-state index contributed by atoms with van der Waals surface area (Å²) in [5, 5.41) is 6.66. The van der Waals surface area contributed by atoms with E-state index in [0.29, 0.717) is 13.1 Å². The first-order valence-electron chi connectivity index (χ1n) is 9.68. The Morgan fingerprint density at radius 1 is 1.14 bits per heavy atom. The van der Waals surface area contributed by atoms with Crippen molar-refractivity contribution in [3.05, 3.63) is 72.2 Å². The molecule has 1 aliphatic heterocycles. The van der Waals surface area contributed by atoms with Crippen LogP contribution in [0.15, 0.2) is 65.8 Å². The van der Waals surface area contributed by atoms with Gasteiger partial charge in [-0.15, -0.1) is 24.0 Å². The monoisotopic (exact) mass is 503 g/mol. The molecule has 6 nitrogen and oxygen atoms in total. The number of aliphatic imine (C=N–C) groups is 1. The maximum absolute atomic E-state index is 5.99. The lowest BCUT2D eigenvalue weighted by atomic mass is 10.1. The second-order valence-corrected chi connectivity index (χ2v) is 6.74. The number of ether oxygens (including phenoxy) is 1. The van der Waals surface area contributed by atoms with Gasteiger partial charge in [-0.1, -0.05) is 48.5 Å². The zero-order valence-electron chi connectivity index (χ0n) is 16.4. The zero-order chi connectivity index (χ0) is 19.2. The van der Waals surface area contributed by atoms with Crippen molar-refractivity contribution >= 4 is 29.9 Å². The van der Waals surface area contributed by atoms with Gasteiger partial charge in [0.2, 0.25) is 0 Å². The molecule has 0 saturated carbocycles. The SMILES string of the molecule is CCNC(=NCc1ncc(-c2ccccc2)[nH]1)NCC1Cc2ccccc2O1.I. The standard InChI is InChI=1S/C22H25N5O.HI/c1-2-23-22(25-13-18-12-17-10-6-7-11-20(17)28-18)26-15-21-24-14-19(27-21)16-8-4-3-5-9-16;/h3-11,14,18H,2,12-13,15H2,1H3,(H,24,27)(H2,23,25,26);1H. The van der Waals surface area contributed by atoms with E-state index >= 15 is 0 Å².